The minimum Gasteiger partial charge on any atom is -0.398 e. The summed E-state index contributed by atoms with van der Waals surface area (Å²) in [6, 6.07) is 3.60. The van der Waals surface area contributed by atoms with E-state index in [2.05, 4.69) is 21.2 Å². The Hall–Kier alpha value is -1.07. The lowest BCUT2D eigenvalue weighted by molar-refractivity contribution is 0.0754. The van der Waals surface area contributed by atoms with E-state index in [0.717, 1.165) is 29.5 Å². The molecule has 1 rings (SSSR count). The van der Waals surface area contributed by atoms with Gasteiger partial charge in [0.2, 0.25) is 0 Å². The van der Waals surface area contributed by atoms with Gasteiger partial charge in [0.15, 0.2) is 0 Å². The monoisotopic (exact) mass is 342 g/mol. The average Bonchev–Trinajstić information content (AvgIpc) is 2.37. The molecule has 5 heteroatoms. The number of nitrogens with two attached hydrogens (primary N) is 1. The molecule has 0 spiro atoms. The third kappa shape index (κ3) is 5.51. The number of nitrogens with one attached hydrogen (secondary N) is 1. The third-order valence-corrected chi connectivity index (χ3v) is 3.42. The molecular weight excluding hydrogens is 320 g/mol. The number of ether oxygens (including phenoxy) is 1. The van der Waals surface area contributed by atoms with Gasteiger partial charge in [0, 0.05) is 28.9 Å². The molecule has 0 aromatic heterocycles. The van der Waals surface area contributed by atoms with Crippen LogP contribution < -0.4 is 11.1 Å². The molecule has 1 aromatic rings. The molecule has 0 atom stereocenters. The van der Waals surface area contributed by atoms with Crippen LogP contribution in [0.25, 0.3) is 0 Å². The number of benzene rings is 1. The van der Waals surface area contributed by atoms with Crippen molar-refractivity contribution in [3.63, 3.8) is 0 Å². The highest BCUT2D eigenvalue weighted by molar-refractivity contribution is 9.10. The summed E-state index contributed by atoms with van der Waals surface area (Å²) in [5.74, 6) is -0.0831. The molecule has 0 radical (unpaired) electrons. The van der Waals surface area contributed by atoms with Crippen molar-refractivity contribution in [2.24, 2.45) is 0 Å². The molecule has 20 heavy (non-hydrogen) atoms. The van der Waals surface area contributed by atoms with Crippen molar-refractivity contribution >= 4 is 27.5 Å². The molecule has 3 N–H and O–H groups in total. The Morgan fingerprint density at radius 2 is 2.10 bits per heavy atom. The van der Waals surface area contributed by atoms with Crippen molar-refractivity contribution in [1.29, 1.82) is 0 Å². The molecule has 0 saturated carbocycles. The fraction of sp³-hybridized carbons (Fsp3) is 0.533. The van der Waals surface area contributed by atoms with Gasteiger partial charge in [0.05, 0.1) is 6.10 Å². The van der Waals surface area contributed by atoms with Crippen LogP contribution in [0.5, 0.6) is 0 Å². The number of hydrogen-bond donors (Lipinski definition) is 2. The van der Waals surface area contributed by atoms with E-state index < -0.39 is 0 Å². The van der Waals surface area contributed by atoms with Crippen LogP contribution in [0, 0.1) is 6.92 Å². The van der Waals surface area contributed by atoms with Gasteiger partial charge in [-0.15, -0.1) is 0 Å². The topological polar surface area (TPSA) is 64.4 Å². The highest BCUT2D eigenvalue weighted by Gasteiger charge is 2.11. The number of halogens is 1. The Labute approximate surface area is 129 Å². The van der Waals surface area contributed by atoms with E-state index in [-0.39, 0.29) is 12.0 Å². The van der Waals surface area contributed by atoms with Crippen molar-refractivity contribution in [2.45, 2.75) is 39.7 Å². The highest BCUT2D eigenvalue weighted by atomic mass is 79.9. The van der Waals surface area contributed by atoms with E-state index in [4.69, 9.17) is 10.5 Å². The maximum atomic E-state index is 12.1. The van der Waals surface area contributed by atoms with Gasteiger partial charge in [-0.3, -0.25) is 4.79 Å². The number of anilines is 1. The lowest BCUT2D eigenvalue weighted by Crippen LogP contribution is -2.25. The van der Waals surface area contributed by atoms with Gasteiger partial charge in [-0.25, -0.2) is 0 Å². The van der Waals surface area contributed by atoms with Crippen molar-refractivity contribution in [1.82, 2.24) is 5.32 Å². The van der Waals surface area contributed by atoms with Crippen LogP contribution in [-0.4, -0.2) is 25.2 Å². The molecule has 4 nitrogen and oxygen atoms in total. The minimum absolute atomic E-state index is 0.0831. The number of carbonyl (C=O) groups excluding carboxylic acids is 1. The highest BCUT2D eigenvalue weighted by Crippen LogP contribution is 2.22. The Morgan fingerprint density at radius 1 is 1.40 bits per heavy atom. The summed E-state index contributed by atoms with van der Waals surface area (Å²) in [7, 11) is 0. The summed E-state index contributed by atoms with van der Waals surface area (Å²) in [5.41, 5.74) is 7.91. The summed E-state index contributed by atoms with van der Waals surface area (Å²) < 4.78 is 6.26. The average molecular weight is 343 g/mol. The molecule has 1 aromatic carbocycles. The zero-order valence-electron chi connectivity index (χ0n) is 12.3. The van der Waals surface area contributed by atoms with Crippen LogP contribution in [-0.2, 0) is 4.74 Å². The summed E-state index contributed by atoms with van der Waals surface area (Å²) in [6.07, 6.45) is 2.11. The van der Waals surface area contributed by atoms with Crippen molar-refractivity contribution in [3.05, 3.63) is 27.7 Å². The summed E-state index contributed by atoms with van der Waals surface area (Å²) >= 11 is 3.35. The number of unbranched alkanes of at least 4 members (excludes halogenated alkanes) is 1. The lowest BCUT2D eigenvalue weighted by atomic mass is 10.1. The van der Waals surface area contributed by atoms with E-state index >= 15 is 0 Å². The first-order valence-corrected chi connectivity index (χ1v) is 7.66. The second kappa shape index (κ2) is 8.27. The van der Waals surface area contributed by atoms with Crippen molar-refractivity contribution in [2.75, 3.05) is 18.9 Å². The molecule has 0 bridgehead atoms. The molecule has 0 saturated heterocycles. The van der Waals surface area contributed by atoms with E-state index in [1.807, 2.05) is 20.8 Å². The van der Waals surface area contributed by atoms with Crippen LogP contribution in [0.1, 0.15) is 42.6 Å². The molecule has 112 valence electrons. The largest absolute Gasteiger partial charge is 0.398 e. The predicted octanol–water partition coefficient (Wildman–Crippen LogP) is 3.27. The second-order valence-electron chi connectivity index (χ2n) is 5.05. The lowest BCUT2D eigenvalue weighted by Gasteiger charge is -2.11. The summed E-state index contributed by atoms with van der Waals surface area (Å²) in [5, 5.41) is 2.91. The Morgan fingerprint density at radius 3 is 2.75 bits per heavy atom. The molecule has 0 heterocycles. The van der Waals surface area contributed by atoms with Crippen molar-refractivity contribution < 1.29 is 9.53 Å². The fourth-order valence-corrected chi connectivity index (χ4v) is 2.25. The van der Waals surface area contributed by atoms with Gasteiger partial charge < -0.3 is 15.8 Å². The van der Waals surface area contributed by atoms with E-state index in [1.165, 1.54) is 0 Å². The van der Waals surface area contributed by atoms with Crippen molar-refractivity contribution in [3.8, 4) is 0 Å². The fourth-order valence-electron chi connectivity index (χ4n) is 1.78. The molecular formula is C15H23BrN2O2. The van der Waals surface area contributed by atoms with Gasteiger partial charge in [-0.05, 0) is 51.3 Å². The smallest absolute Gasteiger partial charge is 0.251 e. The Balaban J connectivity index is 2.40. The predicted molar refractivity (Wildman–Crippen MR) is 85.9 cm³/mol. The second-order valence-corrected chi connectivity index (χ2v) is 5.97. The van der Waals surface area contributed by atoms with E-state index in [0.29, 0.717) is 17.8 Å². The Bertz CT molecular complexity index is 461. The molecule has 0 aliphatic carbocycles. The molecule has 0 aliphatic heterocycles. The maximum Gasteiger partial charge on any atom is 0.251 e. The Kier molecular flexibility index (Phi) is 7.02. The minimum atomic E-state index is -0.0831. The molecule has 0 unspecified atom stereocenters. The van der Waals surface area contributed by atoms with Crippen LogP contribution in [0.2, 0.25) is 0 Å². The normalized spacial score (nSPS) is 10.8. The number of amides is 1. The van der Waals surface area contributed by atoms with Gasteiger partial charge in [-0.2, -0.15) is 0 Å². The maximum absolute atomic E-state index is 12.1. The standard InChI is InChI=1S/C15H23BrN2O2/c1-10(2)20-7-5-4-6-18-15(19)13-8-12(16)9-14(17)11(13)3/h8-10H,4-7,17H2,1-3H3,(H,18,19). The van der Waals surface area contributed by atoms with Crippen LogP contribution in [0.15, 0.2) is 16.6 Å². The van der Waals surface area contributed by atoms with Crippen LogP contribution >= 0.6 is 15.9 Å². The summed E-state index contributed by atoms with van der Waals surface area (Å²) in [6.45, 7) is 7.26. The SMILES string of the molecule is Cc1c(N)cc(Br)cc1C(=O)NCCCCOC(C)C. The van der Waals surface area contributed by atoms with E-state index in [9.17, 15) is 4.79 Å². The number of hydrogen-bond acceptors (Lipinski definition) is 3. The third-order valence-electron chi connectivity index (χ3n) is 2.97. The van der Waals surface area contributed by atoms with Crippen LogP contribution in [0.4, 0.5) is 5.69 Å². The first kappa shape index (κ1) is 17.0. The van der Waals surface area contributed by atoms with Gasteiger partial charge >= 0.3 is 0 Å². The summed E-state index contributed by atoms with van der Waals surface area (Å²) in [4.78, 5) is 12.1. The zero-order chi connectivity index (χ0) is 15.1. The molecule has 0 fully saturated rings. The first-order valence-electron chi connectivity index (χ1n) is 6.87. The van der Waals surface area contributed by atoms with Gasteiger partial charge in [-0.1, -0.05) is 15.9 Å². The molecule has 1 amide bonds. The number of nitrogen functional groups attached to an aromatic ring is 1. The van der Waals surface area contributed by atoms with Crippen LogP contribution in [0.3, 0.4) is 0 Å². The van der Waals surface area contributed by atoms with Gasteiger partial charge in [0.1, 0.15) is 0 Å². The first-order chi connectivity index (χ1) is 9.41. The van der Waals surface area contributed by atoms with Gasteiger partial charge in [0.25, 0.3) is 5.91 Å². The van der Waals surface area contributed by atoms with E-state index in [1.54, 1.807) is 12.1 Å². The number of carbonyl (C=O) groups is 1. The quantitative estimate of drug-likeness (QED) is 0.590. The molecule has 0 aliphatic rings. The number of rotatable bonds is 7. The zero-order valence-corrected chi connectivity index (χ0v) is 13.9.